The normalized spacial score (nSPS) is 16.6. The number of aryl methyl sites for hydroxylation is 2. The van der Waals surface area contributed by atoms with Gasteiger partial charge in [-0.25, -0.2) is 9.97 Å². The summed E-state index contributed by atoms with van der Waals surface area (Å²) in [4.78, 5) is 27.5. The number of carbonyl (C=O) groups excluding carboxylic acids is 1. The second-order valence-electron chi connectivity index (χ2n) is 8.41. The highest BCUT2D eigenvalue weighted by molar-refractivity contribution is 5.84. The van der Waals surface area contributed by atoms with Crippen LogP contribution in [0.15, 0.2) is 36.7 Å². The average Bonchev–Trinajstić information content (AvgIpc) is 3.24. The lowest BCUT2D eigenvalue weighted by Crippen LogP contribution is -2.39. The van der Waals surface area contributed by atoms with Gasteiger partial charge in [0.15, 0.2) is 0 Å². The number of aromatic nitrogens is 3. The Morgan fingerprint density at radius 1 is 1.25 bits per heavy atom. The van der Waals surface area contributed by atoms with Crippen LogP contribution >= 0.6 is 0 Å². The lowest BCUT2D eigenvalue weighted by Gasteiger charge is -2.33. The fourth-order valence-electron chi connectivity index (χ4n) is 4.47. The number of piperidine rings is 1. The molecule has 1 N–H and O–H groups in total. The molecule has 1 atom stereocenters. The summed E-state index contributed by atoms with van der Waals surface area (Å²) in [6.45, 7) is 4.98. The number of methoxy groups -OCH3 is 1. The van der Waals surface area contributed by atoms with Crippen LogP contribution < -0.4 is 0 Å². The van der Waals surface area contributed by atoms with Crippen molar-refractivity contribution in [3.05, 3.63) is 59.3 Å². The third kappa shape index (κ3) is 5.34. The molecule has 32 heavy (non-hydrogen) atoms. The predicted octanol–water partition coefficient (Wildman–Crippen LogP) is 3.77. The summed E-state index contributed by atoms with van der Waals surface area (Å²) in [5.74, 6) is 1.18. The Kier molecular flexibility index (Phi) is 7.50. The van der Waals surface area contributed by atoms with Crippen molar-refractivity contribution in [2.24, 2.45) is 0 Å². The topological polar surface area (TPSA) is 80.3 Å². The van der Waals surface area contributed by atoms with Gasteiger partial charge in [-0.3, -0.25) is 4.79 Å². The quantitative estimate of drug-likeness (QED) is 0.517. The fourth-order valence-corrected chi connectivity index (χ4v) is 4.47. The first-order valence-electron chi connectivity index (χ1n) is 11.4. The molecule has 1 saturated heterocycles. The van der Waals surface area contributed by atoms with E-state index in [1.54, 1.807) is 7.11 Å². The number of nitrogens with zero attached hydrogens (tertiary/aromatic N) is 3. The monoisotopic (exact) mass is 436 g/mol. The highest BCUT2D eigenvalue weighted by atomic mass is 16.5. The summed E-state index contributed by atoms with van der Waals surface area (Å²) in [6, 6.07) is 8.23. The number of nitrogens with one attached hydrogen (secondary N) is 1. The molecule has 1 unspecified atom stereocenters. The smallest absolute Gasteiger partial charge is 0.222 e. The van der Waals surface area contributed by atoms with E-state index >= 15 is 0 Å². The highest BCUT2D eigenvalue weighted by Gasteiger charge is 2.27. The van der Waals surface area contributed by atoms with Gasteiger partial charge in [-0.1, -0.05) is 18.2 Å². The van der Waals surface area contributed by atoms with E-state index in [-0.39, 0.29) is 11.8 Å². The van der Waals surface area contributed by atoms with Crippen LogP contribution in [0.5, 0.6) is 0 Å². The van der Waals surface area contributed by atoms with Crippen molar-refractivity contribution in [1.82, 2.24) is 19.9 Å². The summed E-state index contributed by atoms with van der Waals surface area (Å²) in [7, 11) is 1.66. The molecule has 1 aromatic carbocycles. The van der Waals surface area contributed by atoms with E-state index in [2.05, 4.69) is 22.1 Å². The summed E-state index contributed by atoms with van der Waals surface area (Å²) >= 11 is 0. The van der Waals surface area contributed by atoms with Crippen LogP contribution in [-0.2, 0) is 27.3 Å². The Hall–Kier alpha value is -2.77. The van der Waals surface area contributed by atoms with E-state index in [4.69, 9.17) is 14.5 Å². The fraction of sp³-hybridized carbons (Fsp3) is 0.480. The van der Waals surface area contributed by atoms with Gasteiger partial charge in [-0.2, -0.15) is 0 Å². The van der Waals surface area contributed by atoms with E-state index in [9.17, 15) is 4.79 Å². The highest BCUT2D eigenvalue weighted by Crippen LogP contribution is 2.29. The molecule has 0 spiro atoms. The largest absolute Gasteiger partial charge is 0.382 e. The molecule has 3 heterocycles. The second kappa shape index (κ2) is 10.7. The summed E-state index contributed by atoms with van der Waals surface area (Å²) in [5, 5.41) is 1.20. The van der Waals surface area contributed by atoms with Crippen molar-refractivity contribution < 1.29 is 14.3 Å². The van der Waals surface area contributed by atoms with Gasteiger partial charge in [0.1, 0.15) is 5.82 Å². The number of para-hydroxylation sites is 1. The molecule has 2 aromatic heterocycles. The lowest BCUT2D eigenvalue weighted by molar-refractivity contribution is -0.132. The second-order valence-corrected chi connectivity index (χ2v) is 8.41. The number of rotatable bonds is 9. The maximum absolute atomic E-state index is 13.0. The van der Waals surface area contributed by atoms with Gasteiger partial charge in [-0.05, 0) is 37.8 Å². The number of carbonyl (C=O) groups is 1. The molecule has 7 nitrogen and oxygen atoms in total. The average molecular weight is 437 g/mol. The summed E-state index contributed by atoms with van der Waals surface area (Å²) in [6.07, 6.45) is 7.16. The molecule has 0 aliphatic carbocycles. The maximum Gasteiger partial charge on any atom is 0.222 e. The minimum absolute atomic E-state index is 0.212. The zero-order chi connectivity index (χ0) is 22.3. The summed E-state index contributed by atoms with van der Waals surface area (Å²) < 4.78 is 10.8. The van der Waals surface area contributed by atoms with Crippen molar-refractivity contribution in [2.75, 3.05) is 33.4 Å². The molecule has 1 fully saturated rings. The van der Waals surface area contributed by atoms with Gasteiger partial charge >= 0.3 is 0 Å². The van der Waals surface area contributed by atoms with Crippen LogP contribution in [0, 0.1) is 6.92 Å². The SMILES string of the molecule is COCCOCc1cnc(C)nc1C1CCCN(C(=O)CCc2c[nH]c3ccccc23)C1. The third-order valence-electron chi connectivity index (χ3n) is 6.15. The van der Waals surface area contributed by atoms with Crippen LogP contribution in [0.4, 0.5) is 0 Å². The molecule has 7 heteroatoms. The summed E-state index contributed by atoms with van der Waals surface area (Å²) in [5.41, 5.74) is 4.34. The third-order valence-corrected chi connectivity index (χ3v) is 6.15. The van der Waals surface area contributed by atoms with Gasteiger partial charge in [0.25, 0.3) is 0 Å². The number of likely N-dealkylation sites (tertiary alicyclic amines) is 1. The van der Waals surface area contributed by atoms with Crippen LogP contribution in [0.25, 0.3) is 10.9 Å². The number of hydrogen-bond acceptors (Lipinski definition) is 5. The molecular weight excluding hydrogens is 404 g/mol. The molecule has 1 aliphatic heterocycles. The number of aromatic amines is 1. The van der Waals surface area contributed by atoms with E-state index in [1.165, 1.54) is 10.9 Å². The Morgan fingerprint density at radius 3 is 3.00 bits per heavy atom. The Morgan fingerprint density at radius 2 is 2.12 bits per heavy atom. The van der Waals surface area contributed by atoms with Crippen molar-refractivity contribution in [3.8, 4) is 0 Å². The number of amides is 1. The van der Waals surface area contributed by atoms with Crippen LogP contribution in [0.3, 0.4) is 0 Å². The van der Waals surface area contributed by atoms with Gasteiger partial charge < -0.3 is 19.4 Å². The molecule has 3 aromatic rings. The van der Waals surface area contributed by atoms with E-state index in [1.807, 2.05) is 36.4 Å². The maximum atomic E-state index is 13.0. The minimum Gasteiger partial charge on any atom is -0.382 e. The number of benzene rings is 1. The zero-order valence-corrected chi connectivity index (χ0v) is 19.0. The van der Waals surface area contributed by atoms with Gasteiger partial charge in [0, 0.05) is 61.4 Å². The molecule has 0 bridgehead atoms. The van der Waals surface area contributed by atoms with Crippen LogP contribution in [0.2, 0.25) is 0 Å². The number of ether oxygens (including phenoxy) is 2. The Bertz CT molecular complexity index is 1050. The molecule has 0 saturated carbocycles. The first kappa shape index (κ1) is 22.4. The van der Waals surface area contributed by atoms with E-state index in [0.717, 1.165) is 48.4 Å². The van der Waals surface area contributed by atoms with E-state index < -0.39 is 0 Å². The molecule has 1 amide bonds. The van der Waals surface area contributed by atoms with Gasteiger partial charge in [-0.15, -0.1) is 0 Å². The van der Waals surface area contributed by atoms with Gasteiger partial charge in [0.05, 0.1) is 25.5 Å². The number of hydrogen-bond donors (Lipinski definition) is 1. The van der Waals surface area contributed by atoms with Gasteiger partial charge in [0.2, 0.25) is 5.91 Å². The molecule has 4 rings (SSSR count). The lowest BCUT2D eigenvalue weighted by atomic mass is 9.91. The molecule has 1 aliphatic rings. The molecule has 170 valence electrons. The number of H-pyrrole nitrogens is 1. The Balaban J connectivity index is 1.39. The van der Waals surface area contributed by atoms with Crippen molar-refractivity contribution in [1.29, 1.82) is 0 Å². The first-order chi connectivity index (χ1) is 15.7. The molecule has 0 radical (unpaired) electrons. The van der Waals surface area contributed by atoms with E-state index in [0.29, 0.717) is 32.8 Å². The predicted molar refractivity (Wildman–Crippen MR) is 123 cm³/mol. The number of fused-ring (bicyclic) bond motifs is 1. The van der Waals surface area contributed by atoms with Crippen LogP contribution in [0.1, 0.15) is 47.8 Å². The zero-order valence-electron chi connectivity index (χ0n) is 19.0. The molecular formula is C25H32N4O3. The van der Waals surface area contributed by atoms with Crippen molar-refractivity contribution in [2.45, 2.75) is 45.1 Å². The first-order valence-corrected chi connectivity index (χ1v) is 11.4. The standard InChI is InChI=1S/C25H32N4O3/c1-18-26-15-21(17-32-13-12-31-2)25(28-18)20-6-5-11-29(16-20)24(30)10-9-19-14-27-23-8-4-3-7-22(19)23/h3-4,7-8,14-15,20,27H,5-6,9-13,16-17H2,1-2H3. The van der Waals surface area contributed by atoms with Crippen molar-refractivity contribution >= 4 is 16.8 Å². The van der Waals surface area contributed by atoms with Crippen LogP contribution in [-0.4, -0.2) is 59.2 Å². The minimum atomic E-state index is 0.212. The van der Waals surface area contributed by atoms with Crippen molar-refractivity contribution in [3.63, 3.8) is 0 Å². The Labute approximate surface area is 189 Å².